The Morgan fingerprint density at radius 3 is 2.82 bits per heavy atom. The highest BCUT2D eigenvalue weighted by Crippen LogP contribution is 2.30. The lowest BCUT2D eigenvalue weighted by Crippen LogP contribution is -2.37. The highest BCUT2D eigenvalue weighted by Gasteiger charge is 2.24. The van der Waals surface area contributed by atoms with E-state index in [0.29, 0.717) is 22.7 Å². The lowest BCUT2D eigenvalue weighted by molar-refractivity contribution is 0.413. The van der Waals surface area contributed by atoms with Crippen LogP contribution in [0, 0.1) is 23.0 Å². The minimum atomic E-state index is -4.16. The molecular formula is C23H25F2N5O3S. The van der Waals surface area contributed by atoms with E-state index in [0.717, 1.165) is 12.1 Å². The standard InChI is InChI=1S/C23H25F2N5O3S/c1-15-6-4-3-5-7-18(10-15)34(31,32)29-21-9-8-19(24)23(22(21)25)30(27)14-20(26)16-11-17(33-2)13-28-12-16/h3-5,7-13,15,26,29H,6,14,27H2,1-2H3. The third-order valence-corrected chi connectivity index (χ3v) is 6.38. The molecule has 3 rings (SSSR count). The summed E-state index contributed by atoms with van der Waals surface area (Å²) in [6.07, 6.45) is 11.7. The Labute approximate surface area is 197 Å². The summed E-state index contributed by atoms with van der Waals surface area (Å²) in [6.45, 7) is 1.48. The number of aromatic nitrogens is 1. The molecule has 1 atom stereocenters. The van der Waals surface area contributed by atoms with E-state index in [9.17, 15) is 12.8 Å². The first-order valence-electron chi connectivity index (χ1n) is 10.3. The Morgan fingerprint density at radius 1 is 1.32 bits per heavy atom. The summed E-state index contributed by atoms with van der Waals surface area (Å²) in [7, 11) is -2.71. The largest absolute Gasteiger partial charge is 0.495 e. The number of nitrogens with zero attached hydrogens (tertiary/aromatic N) is 2. The Kier molecular flexibility index (Phi) is 7.79. The predicted molar refractivity (Wildman–Crippen MR) is 128 cm³/mol. The summed E-state index contributed by atoms with van der Waals surface area (Å²) >= 11 is 0. The number of rotatable bonds is 8. The van der Waals surface area contributed by atoms with Crippen LogP contribution >= 0.6 is 0 Å². The van der Waals surface area contributed by atoms with Crippen molar-refractivity contribution in [1.29, 1.82) is 5.41 Å². The van der Waals surface area contributed by atoms with E-state index in [2.05, 4.69) is 9.71 Å². The van der Waals surface area contributed by atoms with Crippen LogP contribution < -0.4 is 20.3 Å². The Hall–Kier alpha value is -3.57. The van der Waals surface area contributed by atoms with Gasteiger partial charge in [0.1, 0.15) is 11.4 Å². The number of methoxy groups -OCH3 is 1. The molecule has 1 aliphatic rings. The van der Waals surface area contributed by atoms with Gasteiger partial charge in [0.25, 0.3) is 10.0 Å². The predicted octanol–water partition coefficient (Wildman–Crippen LogP) is 3.89. The Balaban J connectivity index is 1.87. The minimum Gasteiger partial charge on any atom is -0.495 e. The van der Waals surface area contributed by atoms with Crippen molar-refractivity contribution in [2.45, 2.75) is 13.3 Å². The lowest BCUT2D eigenvalue weighted by atomic mass is 10.1. The maximum Gasteiger partial charge on any atom is 0.261 e. The molecule has 2 aromatic rings. The van der Waals surface area contributed by atoms with Crippen molar-refractivity contribution in [3.05, 3.63) is 83.1 Å². The SMILES string of the molecule is COc1cncc(C(=N)CN(N)c2c(F)ccc(NS(=O)(=O)C3=CC(C)CC=CC=C3)c2F)c1. The molecule has 180 valence electrons. The maximum atomic E-state index is 15.2. The second-order valence-electron chi connectivity index (χ2n) is 7.65. The quantitative estimate of drug-likeness (QED) is 0.294. The van der Waals surface area contributed by atoms with Gasteiger partial charge in [-0.25, -0.2) is 23.0 Å². The first-order chi connectivity index (χ1) is 16.1. The summed E-state index contributed by atoms with van der Waals surface area (Å²) in [5.74, 6) is 4.02. The number of nitrogens with one attached hydrogen (secondary N) is 2. The van der Waals surface area contributed by atoms with Crippen molar-refractivity contribution in [2.75, 3.05) is 23.4 Å². The number of allylic oxidation sites excluding steroid dienone is 5. The van der Waals surface area contributed by atoms with Gasteiger partial charge in [0.15, 0.2) is 11.6 Å². The van der Waals surface area contributed by atoms with Crippen LogP contribution in [0.4, 0.5) is 20.2 Å². The normalized spacial score (nSPS) is 15.8. The number of anilines is 2. The van der Waals surface area contributed by atoms with Crippen molar-refractivity contribution >= 4 is 27.1 Å². The summed E-state index contributed by atoms with van der Waals surface area (Å²) in [4.78, 5) is 3.91. The molecule has 34 heavy (non-hydrogen) atoms. The number of hydrazine groups is 1. The Morgan fingerprint density at radius 2 is 2.09 bits per heavy atom. The van der Waals surface area contributed by atoms with Crippen LogP contribution in [0.2, 0.25) is 0 Å². The van der Waals surface area contributed by atoms with Gasteiger partial charge < -0.3 is 10.1 Å². The van der Waals surface area contributed by atoms with Crippen molar-refractivity contribution in [2.24, 2.45) is 11.8 Å². The van der Waals surface area contributed by atoms with Gasteiger partial charge in [-0.3, -0.25) is 14.7 Å². The Bertz CT molecular complexity index is 1280. The molecule has 0 spiro atoms. The van der Waals surface area contributed by atoms with E-state index in [1.54, 1.807) is 18.2 Å². The molecule has 1 aromatic heterocycles. The van der Waals surface area contributed by atoms with E-state index in [1.165, 1.54) is 31.6 Å². The fourth-order valence-electron chi connectivity index (χ4n) is 3.23. The molecule has 11 heteroatoms. The topological polar surface area (TPSA) is 121 Å². The minimum absolute atomic E-state index is 0.0356. The number of hydrogen-bond acceptors (Lipinski definition) is 7. The van der Waals surface area contributed by atoms with Gasteiger partial charge in [-0.1, -0.05) is 31.2 Å². The molecule has 1 heterocycles. The highest BCUT2D eigenvalue weighted by atomic mass is 32.2. The van der Waals surface area contributed by atoms with Crippen molar-refractivity contribution in [1.82, 2.24) is 4.98 Å². The molecule has 0 fully saturated rings. The smallest absolute Gasteiger partial charge is 0.261 e. The van der Waals surface area contributed by atoms with Gasteiger partial charge >= 0.3 is 0 Å². The molecular weight excluding hydrogens is 464 g/mol. The number of hydrogen-bond donors (Lipinski definition) is 3. The van der Waals surface area contributed by atoms with Crippen molar-refractivity contribution < 1.29 is 21.9 Å². The van der Waals surface area contributed by atoms with Crippen LogP contribution in [0.5, 0.6) is 5.75 Å². The maximum absolute atomic E-state index is 15.2. The van der Waals surface area contributed by atoms with E-state index >= 15 is 4.39 Å². The van der Waals surface area contributed by atoms with E-state index in [1.807, 2.05) is 13.0 Å². The highest BCUT2D eigenvalue weighted by molar-refractivity contribution is 7.96. The summed E-state index contributed by atoms with van der Waals surface area (Å²) in [6, 6.07) is 3.42. The zero-order valence-electron chi connectivity index (χ0n) is 18.6. The molecule has 0 saturated heterocycles. The van der Waals surface area contributed by atoms with Gasteiger partial charge in [0.05, 0.1) is 36.2 Å². The molecule has 4 N–H and O–H groups in total. The van der Waals surface area contributed by atoms with Gasteiger partial charge in [-0.05, 0) is 36.6 Å². The average Bonchev–Trinajstić information content (AvgIpc) is 2.78. The molecule has 0 amide bonds. The van der Waals surface area contributed by atoms with Crippen LogP contribution in [0.15, 0.2) is 65.9 Å². The molecule has 0 aliphatic heterocycles. The van der Waals surface area contributed by atoms with Crippen LogP contribution in [-0.2, 0) is 10.0 Å². The monoisotopic (exact) mass is 489 g/mol. The fourth-order valence-corrected chi connectivity index (χ4v) is 4.46. The van der Waals surface area contributed by atoms with Crippen LogP contribution in [0.3, 0.4) is 0 Å². The van der Waals surface area contributed by atoms with Gasteiger partial charge in [0, 0.05) is 11.8 Å². The summed E-state index contributed by atoms with van der Waals surface area (Å²) in [5, 5.41) is 8.92. The first kappa shape index (κ1) is 25.1. The molecule has 0 bridgehead atoms. The molecule has 0 radical (unpaired) electrons. The van der Waals surface area contributed by atoms with Crippen molar-refractivity contribution in [3.8, 4) is 5.75 Å². The number of pyridine rings is 1. The average molecular weight is 490 g/mol. The van der Waals surface area contributed by atoms with Gasteiger partial charge in [0.2, 0.25) is 0 Å². The molecule has 8 nitrogen and oxygen atoms in total. The number of nitrogens with two attached hydrogens (primary N) is 1. The van der Waals surface area contributed by atoms with E-state index < -0.39 is 33.0 Å². The number of halogens is 2. The van der Waals surface area contributed by atoms with Crippen LogP contribution in [0.1, 0.15) is 18.9 Å². The van der Waals surface area contributed by atoms with Crippen molar-refractivity contribution in [3.63, 3.8) is 0 Å². The third-order valence-electron chi connectivity index (χ3n) is 5.00. The molecule has 1 aromatic carbocycles. The fraction of sp³-hybridized carbons (Fsp3) is 0.217. The first-order valence-corrected chi connectivity index (χ1v) is 11.8. The molecule has 0 saturated carbocycles. The number of benzene rings is 1. The van der Waals surface area contributed by atoms with Gasteiger partial charge in [-0.15, -0.1) is 0 Å². The number of ether oxygens (including phenoxy) is 1. The lowest BCUT2D eigenvalue weighted by Gasteiger charge is -2.22. The molecule has 1 aliphatic carbocycles. The zero-order valence-corrected chi connectivity index (χ0v) is 19.4. The van der Waals surface area contributed by atoms with E-state index in [-0.39, 0.29) is 23.1 Å². The second kappa shape index (κ2) is 10.6. The zero-order chi connectivity index (χ0) is 24.9. The summed E-state index contributed by atoms with van der Waals surface area (Å²) in [5.41, 5.74) is -0.885. The van der Waals surface area contributed by atoms with Gasteiger partial charge in [-0.2, -0.15) is 0 Å². The summed E-state index contributed by atoms with van der Waals surface area (Å²) < 4.78 is 62.8. The molecule has 1 unspecified atom stereocenters. The second-order valence-corrected chi connectivity index (χ2v) is 9.33. The van der Waals surface area contributed by atoms with Crippen LogP contribution in [0.25, 0.3) is 0 Å². The number of sulfonamides is 1. The van der Waals surface area contributed by atoms with E-state index in [4.69, 9.17) is 16.0 Å². The third kappa shape index (κ3) is 5.86. The van der Waals surface area contributed by atoms with Crippen LogP contribution in [-0.4, -0.2) is 32.8 Å².